The molecule has 1 aliphatic heterocycles. The molecule has 0 unspecified atom stereocenters. The van der Waals surface area contributed by atoms with E-state index in [2.05, 4.69) is 38.5 Å². The number of carbonyl (C=O) groups excluding carboxylic acids is 1. The predicted octanol–water partition coefficient (Wildman–Crippen LogP) is 6.29. The second-order valence-electron chi connectivity index (χ2n) is 13.1. The summed E-state index contributed by atoms with van der Waals surface area (Å²) < 4.78 is 42.3. The molecule has 12 heteroatoms. The van der Waals surface area contributed by atoms with Crippen LogP contribution in [0.3, 0.4) is 0 Å². The number of hydrogen-bond donors (Lipinski definition) is 1. The number of aromatic nitrogens is 4. The smallest absolute Gasteiger partial charge is 0.264 e. The Balaban J connectivity index is 0.00000451. The van der Waals surface area contributed by atoms with Gasteiger partial charge in [-0.2, -0.15) is 4.98 Å². The van der Waals surface area contributed by atoms with Gasteiger partial charge in [-0.3, -0.25) is 4.79 Å². The van der Waals surface area contributed by atoms with Crippen molar-refractivity contribution in [1.82, 2.24) is 24.8 Å². The molecule has 2 aliphatic rings. The zero-order valence-corrected chi connectivity index (χ0v) is 28.4. The Kier molecular flexibility index (Phi) is 8.64. The quantitative estimate of drug-likeness (QED) is 0.243. The van der Waals surface area contributed by atoms with Crippen LogP contribution in [0, 0.1) is 26.7 Å². The molecule has 1 fully saturated rings. The van der Waals surface area contributed by atoms with Gasteiger partial charge in [0.05, 0.1) is 35.6 Å². The van der Waals surface area contributed by atoms with Crippen molar-refractivity contribution in [3.05, 3.63) is 82.9 Å². The van der Waals surface area contributed by atoms with Crippen LogP contribution in [0.15, 0.2) is 59.8 Å². The minimum Gasteiger partial charge on any atom is -0.484 e. The Morgan fingerprint density at radius 3 is 2.40 bits per heavy atom. The number of rotatable bonds is 7. The van der Waals surface area contributed by atoms with Gasteiger partial charge in [-0.1, -0.05) is 38.1 Å². The largest absolute Gasteiger partial charge is 0.484 e. The lowest BCUT2D eigenvalue weighted by Gasteiger charge is -2.32. The van der Waals surface area contributed by atoms with Gasteiger partial charge in [0.2, 0.25) is 11.8 Å². The lowest BCUT2D eigenvalue weighted by atomic mass is 9.97. The van der Waals surface area contributed by atoms with E-state index in [-0.39, 0.29) is 54.3 Å². The molecule has 0 saturated heterocycles. The fourth-order valence-electron chi connectivity index (χ4n) is 5.82. The summed E-state index contributed by atoms with van der Waals surface area (Å²) >= 11 is 0. The van der Waals surface area contributed by atoms with Crippen LogP contribution < -0.4 is 14.2 Å². The topological polar surface area (TPSA) is 136 Å². The average molecular weight is 659 g/mol. The van der Waals surface area contributed by atoms with Crippen molar-refractivity contribution >= 4 is 21.9 Å². The van der Waals surface area contributed by atoms with Crippen LogP contribution in [-0.2, 0) is 16.6 Å². The van der Waals surface area contributed by atoms with E-state index in [1.54, 1.807) is 29.4 Å². The normalized spacial score (nSPS) is 18.3. The molecule has 248 valence electrons. The number of aryl methyl sites for hydroxylation is 2. The second kappa shape index (κ2) is 12.6. The molecule has 4 aromatic rings. The molecule has 11 nitrogen and oxygen atoms in total. The van der Waals surface area contributed by atoms with E-state index in [9.17, 15) is 13.2 Å². The number of nitrogens with zero attached hydrogens (tertiary/aromatic N) is 5. The van der Waals surface area contributed by atoms with Crippen molar-refractivity contribution in [2.75, 3.05) is 11.3 Å². The summed E-state index contributed by atoms with van der Waals surface area (Å²) in [4.78, 5) is 34.2. The van der Waals surface area contributed by atoms with E-state index in [1.165, 1.54) is 12.1 Å². The molecule has 1 atom stereocenters. The molecule has 0 radical (unpaired) electrons. The van der Waals surface area contributed by atoms with Crippen LogP contribution in [0.4, 0.5) is 5.95 Å². The lowest BCUT2D eigenvalue weighted by molar-refractivity contribution is 0.0545. The SMILES string of the molecule is Cc1cccc(C)c1-c1nc2nc(c1C)OC[C@@H](CC(C)C)N(Cc1ncc(OC3(C)CC3)cn1)C(=O)c1cccc(c1)S(=O)(=O)N2.[HH]. The van der Waals surface area contributed by atoms with Crippen molar-refractivity contribution in [2.24, 2.45) is 5.92 Å². The number of fused-ring (bicyclic) bond motifs is 4. The highest BCUT2D eigenvalue weighted by Gasteiger charge is 2.40. The Bertz CT molecular complexity index is 1910. The van der Waals surface area contributed by atoms with E-state index in [4.69, 9.17) is 9.47 Å². The maximum absolute atomic E-state index is 14.3. The molecule has 2 aromatic heterocycles. The number of nitrogens with one attached hydrogen (secondary N) is 1. The first-order valence-electron chi connectivity index (χ1n) is 15.8. The minimum absolute atomic E-state index is 0. The Hall–Kier alpha value is -4.58. The van der Waals surface area contributed by atoms with Gasteiger partial charge in [0.25, 0.3) is 15.9 Å². The zero-order chi connectivity index (χ0) is 33.5. The summed E-state index contributed by atoms with van der Waals surface area (Å²) in [5, 5.41) is 0. The average Bonchev–Trinajstić information content (AvgIpc) is 3.75. The Morgan fingerprint density at radius 1 is 1.06 bits per heavy atom. The molecular weight excluding hydrogens is 616 g/mol. The third-order valence-electron chi connectivity index (χ3n) is 8.61. The third-order valence-corrected chi connectivity index (χ3v) is 9.93. The van der Waals surface area contributed by atoms with Crippen molar-refractivity contribution in [2.45, 2.75) is 83.9 Å². The summed E-state index contributed by atoms with van der Waals surface area (Å²) in [5.74, 6) is 0.947. The van der Waals surface area contributed by atoms with Crippen LogP contribution in [-0.4, -0.2) is 57.4 Å². The summed E-state index contributed by atoms with van der Waals surface area (Å²) in [6, 6.07) is 11.5. The molecule has 6 rings (SSSR count). The molecule has 2 aromatic carbocycles. The zero-order valence-electron chi connectivity index (χ0n) is 27.6. The second-order valence-corrected chi connectivity index (χ2v) is 14.8. The molecule has 1 N–H and O–H groups in total. The number of sulfonamides is 1. The van der Waals surface area contributed by atoms with Gasteiger partial charge < -0.3 is 14.4 Å². The maximum Gasteiger partial charge on any atom is 0.264 e. The van der Waals surface area contributed by atoms with E-state index < -0.39 is 16.1 Å². The van der Waals surface area contributed by atoms with E-state index >= 15 is 0 Å². The number of ether oxygens (including phenoxy) is 2. The van der Waals surface area contributed by atoms with Crippen molar-refractivity contribution < 1.29 is 24.1 Å². The third kappa shape index (κ3) is 7.07. The highest BCUT2D eigenvalue weighted by Crippen LogP contribution is 2.39. The standard InChI is InChI=1S/C35H40N6O5S.H2/c1-21(2)15-26-20-45-32-24(5)31(30-22(3)9-7-10-23(30)4)38-34(39-32)40-47(43,44)28-12-8-11-25(16-28)33(42)41(26)19-29-36-17-27(18-37-29)46-35(6)13-14-35;/h7-12,16-18,21,26H,13-15,19-20H2,1-6H3,(H,38,39,40);1H/t26-;/m1./s1. The van der Waals surface area contributed by atoms with Gasteiger partial charge in [0.15, 0.2) is 5.75 Å². The van der Waals surface area contributed by atoms with Crippen LogP contribution in [0.5, 0.6) is 11.6 Å². The predicted molar refractivity (Wildman–Crippen MR) is 180 cm³/mol. The van der Waals surface area contributed by atoms with Gasteiger partial charge in [-0.25, -0.2) is 28.1 Å². The molecule has 1 saturated carbocycles. The molecule has 0 spiro atoms. The van der Waals surface area contributed by atoms with Gasteiger partial charge in [0.1, 0.15) is 18.0 Å². The summed E-state index contributed by atoms with van der Waals surface area (Å²) in [5.41, 5.74) is 4.10. The van der Waals surface area contributed by atoms with Gasteiger partial charge in [-0.05, 0) is 82.2 Å². The number of amides is 1. The van der Waals surface area contributed by atoms with Crippen molar-refractivity contribution in [1.29, 1.82) is 0 Å². The van der Waals surface area contributed by atoms with Gasteiger partial charge >= 0.3 is 0 Å². The number of benzene rings is 2. The van der Waals surface area contributed by atoms with Crippen molar-refractivity contribution in [3.63, 3.8) is 0 Å². The van der Waals surface area contributed by atoms with E-state index in [0.717, 1.165) is 29.5 Å². The van der Waals surface area contributed by atoms with Crippen molar-refractivity contribution in [3.8, 4) is 22.9 Å². The monoisotopic (exact) mass is 658 g/mol. The van der Waals surface area contributed by atoms with Gasteiger partial charge in [-0.15, -0.1) is 0 Å². The van der Waals surface area contributed by atoms with Gasteiger partial charge in [0, 0.05) is 18.1 Å². The molecule has 1 aliphatic carbocycles. The van der Waals surface area contributed by atoms with E-state index in [1.807, 2.05) is 45.9 Å². The summed E-state index contributed by atoms with van der Waals surface area (Å²) in [6.45, 7) is 12.2. The van der Waals surface area contributed by atoms with Crippen LogP contribution in [0.25, 0.3) is 11.3 Å². The first kappa shape index (κ1) is 32.4. The minimum atomic E-state index is -4.18. The van der Waals surface area contributed by atoms with E-state index in [0.29, 0.717) is 29.3 Å². The Morgan fingerprint density at radius 2 is 1.74 bits per heavy atom. The highest BCUT2D eigenvalue weighted by atomic mass is 32.2. The number of anilines is 1. The Labute approximate surface area is 277 Å². The highest BCUT2D eigenvalue weighted by molar-refractivity contribution is 7.92. The molecule has 4 bridgehead atoms. The fraction of sp³-hybridized carbons (Fsp3) is 0.400. The number of carbonyl (C=O) groups is 1. The lowest BCUT2D eigenvalue weighted by Crippen LogP contribution is -2.44. The molecule has 3 heterocycles. The van der Waals surface area contributed by atoms with Crippen LogP contribution in [0.1, 0.15) is 74.3 Å². The van der Waals surface area contributed by atoms with Crippen LogP contribution >= 0.6 is 0 Å². The summed E-state index contributed by atoms with van der Waals surface area (Å²) in [7, 11) is -4.18. The fourth-order valence-corrected chi connectivity index (χ4v) is 6.81. The maximum atomic E-state index is 14.3. The first-order valence-corrected chi connectivity index (χ1v) is 17.3. The molecule has 47 heavy (non-hydrogen) atoms. The van der Waals surface area contributed by atoms with Crippen LogP contribution in [0.2, 0.25) is 0 Å². The first-order chi connectivity index (χ1) is 22.3. The molecular formula is C35H42N6O5S. The number of hydrogen-bond acceptors (Lipinski definition) is 9. The molecule has 1 amide bonds. The summed E-state index contributed by atoms with van der Waals surface area (Å²) in [6.07, 6.45) is 5.83.